The van der Waals surface area contributed by atoms with Gasteiger partial charge in [-0.3, -0.25) is 4.79 Å². The van der Waals surface area contributed by atoms with Crippen LogP contribution >= 0.6 is 23.4 Å². The van der Waals surface area contributed by atoms with E-state index >= 15 is 0 Å². The van der Waals surface area contributed by atoms with E-state index in [-0.39, 0.29) is 11.2 Å². The van der Waals surface area contributed by atoms with E-state index in [1.54, 1.807) is 18.9 Å². The van der Waals surface area contributed by atoms with E-state index in [0.29, 0.717) is 5.02 Å². The van der Waals surface area contributed by atoms with Crippen LogP contribution in [0.2, 0.25) is 5.02 Å². The summed E-state index contributed by atoms with van der Waals surface area (Å²) in [5.41, 5.74) is 4.16. The number of benzene rings is 2. The van der Waals surface area contributed by atoms with E-state index in [1.807, 2.05) is 56.6 Å². The smallest absolute Gasteiger partial charge is 0.303 e. The fraction of sp³-hybridized carbons (Fsp3) is 0.292. The van der Waals surface area contributed by atoms with Crippen LogP contribution < -0.4 is 4.74 Å². The molecule has 0 amide bonds. The maximum Gasteiger partial charge on any atom is 0.303 e. The van der Waals surface area contributed by atoms with Crippen LogP contribution in [0.5, 0.6) is 5.75 Å². The lowest BCUT2D eigenvalue weighted by molar-refractivity contribution is -0.147. The predicted octanol–water partition coefficient (Wildman–Crippen LogP) is 5.65. The van der Waals surface area contributed by atoms with Crippen LogP contribution in [-0.2, 0) is 16.1 Å². The number of hydrogen-bond acceptors (Lipinski definition) is 5. The molecule has 0 saturated carbocycles. The van der Waals surface area contributed by atoms with Crippen LogP contribution in [0, 0.1) is 0 Å². The average molecular weight is 457 g/mol. The molecule has 1 aliphatic heterocycles. The van der Waals surface area contributed by atoms with Gasteiger partial charge in [0, 0.05) is 29.1 Å². The van der Waals surface area contributed by atoms with Gasteiger partial charge in [0.15, 0.2) is 6.10 Å². The van der Waals surface area contributed by atoms with Crippen molar-refractivity contribution < 1.29 is 14.3 Å². The largest absolute Gasteiger partial charge is 0.497 e. The Labute approximate surface area is 191 Å². The number of carbonyl (C=O) groups is 1. The molecule has 4 rings (SSSR count). The summed E-state index contributed by atoms with van der Waals surface area (Å²) >= 11 is 8.04. The van der Waals surface area contributed by atoms with Crippen LogP contribution in [0.25, 0.3) is 5.69 Å². The summed E-state index contributed by atoms with van der Waals surface area (Å²) in [6, 6.07) is 18.0. The standard InChI is InChI=1S/C24H25ClN2O3S/c1-15(28)30-23-21-12-8-18(14-26(2)3)27(21)20-11-7-17(25)13-22(20)31-24(23)16-5-9-19(29-4)10-6-16/h5-13,23-24H,14H2,1-4H3/t23-,24-/m1/s1. The van der Waals surface area contributed by atoms with Crippen molar-refractivity contribution in [3.8, 4) is 11.4 Å². The second kappa shape index (κ2) is 8.99. The van der Waals surface area contributed by atoms with Crippen molar-refractivity contribution >= 4 is 29.3 Å². The van der Waals surface area contributed by atoms with Crippen molar-refractivity contribution in [2.75, 3.05) is 21.2 Å². The molecule has 1 aromatic heterocycles. The molecule has 0 N–H and O–H groups in total. The summed E-state index contributed by atoms with van der Waals surface area (Å²) < 4.78 is 13.5. The van der Waals surface area contributed by atoms with E-state index < -0.39 is 6.10 Å². The van der Waals surface area contributed by atoms with Crippen molar-refractivity contribution in [2.45, 2.75) is 29.7 Å². The molecule has 0 unspecified atom stereocenters. The van der Waals surface area contributed by atoms with E-state index in [1.165, 1.54) is 6.92 Å². The number of fused-ring (bicyclic) bond motifs is 3. The SMILES string of the molecule is COc1ccc([C@H]2Sc3cc(Cl)ccc3-n3c(CN(C)C)ccc3[C@H]2OC(C)=O)cc1. The van der Waals surface area contributed by atoms with Crippen molar-refractivity contribution in [3.63, 3.8) is 0 Å². The van der Waals surface area contributed by atoms with Gasteiger partial charge < -0.3 is 18.9 Å². The minimum absolute atomic E-state index is 0.143. The fourth-order valence-electron chi connectivity index (χ4n) is 3.92. The molecule has 2 aromatic carbocycles. The van der Waals surface area contributed by atoms with Gasteiger partial charge >= 0.3 is 5.97 Å². The Bertz CT molecular complexity index is 1090. The van der Waals surface area contributed by atoms with Gasteiger partial charge in [-0.15, -0.1) is 11.8 Å². The van der Waals surface area contributed by atoms with Gasteiger partial charge in [-0.2, -0.15) is 0 Å². The highest BCUT2D eigenvalue weighted by Crippen LogP contribution is 2.51. The lowest BCUT2D eigenvalue weighted by Gasteiger charge is -2.25. The second-order valence-corrected chi connectivity index (χ2v) is 9.40. The number of ether oxygens (including phenoxy) is 2. The normalized spacial score (nSPS) is 17.6. The third-order valence-electron chi connectivity index (χ3n) is 5.19. The minimum atomic E-state index is -0.460. The molecule has 0 fully saturated rings. The van der Waals surface area contributed by atoms with E-state index in [0.717, 1.165) is 39.8 Å². The number of methoxy groups -OCH3 is 1. The van der Waals surface area contributed by atoms with E-state index in [2.05, 4.69) is 21.6 Å². The van der Waals surface area contributed by atoms with Gasteiger partial charge in [-0.1, -0.05) is 23.7 Å². The summed E-state index contributed by atoms with van der Waals surface area (Å²) in [5.74, 6) is 0.474. The number of rotatable bonds is 5. The maximum atomic E-state index is 12.1. The highest BCUT2D eigenvalue weighted by Gasteiger charge is 2.36. The highest BCUT2D eigenvalue weighted by molar-refractivity contribution is 7.99. The third-order valence-corrected chi connectivity index (χ3v) is 6.78. The fourth-order valence-corrected chi connectivity index (χ4v) is 5.52. The number of esters is 1. The monoisotopic (exact) mass is 456 g/mol. The molecule has 0 aliphatic carbocycles. The molecule has 1 aliphatic rings. The Morgan fingerprint density at radius 3 is 2.52 bits per heavy atom. The van der Waals surface area contributed by atoms with Crippen LogP contribution in [0.15, 0.2) is 59.5 Å². The summed E-state index contributed by atoms with van der Waals surface area (Å²) in [5, 5.41) is 0.531. The third kappa shape index (κ3) is 4.47. The first-order chi connectivity index (χ1) is 14.9. The lowest BCUT2D eigenvalue weighted by Crippen LogP contribution is -2.19. The summed E-state index contributed by atoms with van der Waals surface area (Å²) in [4.78, 5) is 15.3. The number of halogens is 1. The number of aromatic nitrogens is 1. The van der Waals surface area contributed by atoms with Crippen LogP contribution in [-0.4, -0.2) is 36.6 Å². The predicted molar refractivity (Wildman–Crippen MR) is 124 cm³/mol. The van der Waals surface area contributed by atoms with Crippen LogP contribution in [0.4, 0.5) is 0 Å². The van der Waals surface area contributed by atoms with Gasteiger partial charge in [-0.05, 0) is 62.1 Å². The minimum Gasteiger partial charge on any atom is -0.497 e. The molecule has 31 heavy (non-hydrogen) atoms. The number of carbonyl (C=O) groups excluding carboxylic acids is 1. The van der Waals surface area contributed by atoms with Gasteiger partial charge in [0.25, 0.3) is 0 Å². The zero-order valence-corrected chi connectivity index (χ0v) is 19.5. The molecular formula is C24H25ClN2O3S. The zero-order valence-electron chi connectivity index (χ0n) is 18.0. The molecule has 0 radical (unpaired) electrons. The summed E-state index contributed by atoms with van der Waals surface area (Å²) in [7, 11) is 5.73. The van der Waals surface area contributed by atoms with Crippen LogP contribution in [0.1, 0.15) is 35.2 Å². The van der Waals surface area contributed by atoms with Gasteiger partial charge in [0.2, 0.25) is 0 Å². The van der Waals surface area contributed by atoms with Crippen molar-refractivity contribution in [1.82, 2.24) is 9.47 Å². The first-order valence-corrected chi connectivity index (χ1v) is 11.3. The first kappa shape index (κ1) is 21.8. The summed E-state index contributed by atoms with van der Waals surface area (Å²) in [6.45, 7) is 2.21. The Kier molecular flexibility index (Phi) is 6.32. The van der Waals surface area contributed by atoms with Gasteiger partial charge in [0.05, 0.1) is 23.7 Å². The molecule has 0 bridgehead atoms. The van der Waals surface area contributed by atoms with Crippen LogP contribution in [0.3, 0.4) is 0 Å². The van der Waals surface area contributed by atoms with Gasteiger partial charge in [-0.25, -0.2) is 0 Å². The average Bonchev–Trinajstić information content (AvgIpc) is 3.07. The number of hydrogen-bond donors (Lipinski definition) is 0. The van der Waals surface area contributed by atoms with E-state index in [9.17, 15) is 4.79 Å². The molecule has 2 atom stereocenters. The van der Waals surface area contributed by atoms with Gasteiger partial charge in [0.1, 0.15) is 5.75 Å². The van der Waals surface area contributed by atoms with Crippen molar-refractivity contribution in [3.05, 3.63) is 76.6 Å². The Hall–Kier alpha value is -2.41. The molecule has 162 valence electrons. The zero-order chi connectivity index (χ0) is 22.1. The molecule has 3 aromatic rings. The number of nitrogens with zero attached hydrogens (tertiary/aromatic N) is 2. The Balaban J connectivity index is 1.92. The van der Waals surface area contributed by atoms with Crippen molar-refractivity contribution in [1.29, 1.82) is 0 Å². The maximum absolute atomic E-state index is 12.1. The quantitative estimate of drug-likeness (QED) is 0.464. The molecule has 7 heteroatoms. The molecule has 0 saturated heterocycles. The molecule has 2 heterocycles. The summed E-state index contributed by atoms with van der Waals surface area (Å²) in [6.07, 6.45) is -0.460. The van der Waals surface area contributed by atoms with E-state index in [4.69, 9.17) is 21.1 Å². The highest BCUT2D eigenvalue weighted by atomic mass is 35.5. The number of thioether (sulfide) groups is 1. The first-order valence-electron chi connectivity index (χ1n) is 10.0. The Morgan fingerprint density at radius 2 is 1.87 bits per heavy atom. The molecule has 0 spiro atoms. The van der Waals surface area contributed by atoms with Crippen molar-refractivity contribution in [2.24, 2.45) is 0 Å². The molecule has 5 nitrogen and oxygen atoms in total. The lowest BCUT2D eigenvalue weighted by atomic mass is 10.0. The Morgan fingerprint density at radius 1 is 1.13 bits per heavy atom. The molecular weight excluding hydrogens is 432 g/mol. The topological polar surface area (TPSA) is 43.7 Å². The second-order valence-electron chi connectivity index (χ2n) is 7.78.